The molecule has 1 amide bonds. The van der Waals surface area contributed by atoms with Crippen molar-refractivity contribution in [3.8, 4) is 5.75 Å². The Morgan fingerprint density at radius 3 is 2.35 bits per heavy atom. The highest BCUT2D eigenvalue weighted by Gasteiger charge is 2.07. The maximum Gasteiger partial charge on any atom is 0.222 e. The molecule has 112 valence electrons. The van der Waals surface area contributed by atoms with Crippen LogP contribution in [0.3, 0.4) is 0 Å². The molecule has 1 aromatic carbocycles. The van der Waals surface area contributed by atoms with Gasteiger partial charge in [0.1, 0.15) is 5.75 Å². The van der Waals surface area contributed by atoms with Gasteiger partial charge in [0.15, 0.2) is 0 Å². The molecule has 0 saturated heterocycles. The molecule has 1 aromatic rings. The lowest BCUT2D eigenvalue weighted by molar-refractivity contribution is -0.123. The number of hydrogen-bond donors (Lipinski definition) is 2. The van der Waals surface area contributed by atoms with Crippen LogP contribution in [0.4, 0.5) is 0 Å². The molecule has 0 aliphatic rings. The molecule has 4 heteroatoms. The maximum absolute atomic E-state index is 11.4. The predicted molar refractivity (Wildman–Crippen MR) is 81.9 cm³/mol. The standard InChI is InChI=1S/C16H26N2O2/c1-5-20-15-8-6-14(7-9-15)13(4)17-10-11-18-16(19)12(2)3/h6-9,12-13,17H,5,10-11H2,1-4H3,(H,18,19). The Labute approximate surface area is 121 Å². The highest BCUT2D eigenvalue weighted by Crippen LogP contribution is 2.17. The number of carbonyl (C=O) groups excluding carboxylic acids is 1. The molecule has 0 fully saturated rings. The Kier molecular flexibility index (Phi) is 7.09. The lowest BCUT2D eigenvalue weighted by Crippen LogP contribution is -2.35. The van der Waals surface area contributed by atoms with E-state index in [2.05, 4.69) is 29.7 Å². The summed E-state index contributed by atoms with van der Waals surface area (Å²) in [4.78, 5) is 11.4. The van der Waals surface area contributed by atoms with E-state index in [1.165, 1.54) is 5.56 Å². The van der Waals surface area contributed by atoms with Gasteiger partial charge in [-0.1, -0.05) is 26.0 Å². The number of amides is 1. The van der Waals surface area contributed by atoms with Gasteiger partial charge in [-0.05, 0) is 31.5 Å². The van der Waals surface area contributed by atoms with Crippen molar-refractivity contribution in [2.75, 3.05) is 19.7 Å². The molecule has 0 aromatic heterocycles. The molecule has 0 spiro atoms. The molecule has 1 atom stereocenters. The summed E-state index contributed by atoms with van der Waals surface area (Å²) in [5.41, 5.74) is 1.21. The average molecular weight is 278 g/mol. The van der Waals surface area contributed by atoms with Gasteiger partial charge in [0, 0.05) is 25.0 Å². The molecule has 0 bridgehead atoms. The Hall–Kier alpha value is -1.55. The van der Waals surface area contributed by atoms with Gasteiger partial charge in [-0.15, -0.1) is 0 Å². The molecule has 1 unspecified atom stereocenters. The van der Waals surface area contributed by atoms with E-state index in [1.54, 1.807) is 0 Å². The Morgan fingerprint density at radius 2 is 1.80 bits per heavy atom. The van der Waals surface area contributed by atoms with Crippen LogP contribution in [0.5, 0.6) is 5.75 Å². The summed E-state index contributed by atoms with van der Waals surface area (Å²) in [5, 5.41) is 6.28. The smallest absolute Gasteiger partial charge is 0.222 e. The fourth-order valence-electron chi connectivity index (χ4n) is 1.82. The minimum absolute atomic E-state index is 0.0403. The van der Waals surface area contributed by atoms with E-state index in [0.29, 0.717) is 13.2 Å². The summed E-state index contributed by atoms with van der Waals surface area (Å²) >= 11 is 0. The van der Waals surface area contributed by atoms with Crippen molar-refractivity contribution >= 4 is 5.91 Å². The van der Waals surface area contributed by atoms with Crippen LogP contribution < -0.4 is 15.4 Å². The van der Waals surface area contributed by atoms with Gasteiger partial charge in [0.25, 0.3) is 0 Å². The lowest BCUT2D eigenvalue weighted by atomic mass is 10.1. The summed E-state index contributed by atoms with van der Waals surface area (Å²) in [6, 6.07) is 8.35. The zero-order valence-electron chi connectivity index (χ0n) is 12.9. The zero-order valence-corrected chi connectivity index (χ0v) is 12.9. The van der Waals surface area contributed by atoms with Crippen LogP contribution in [0.15, 0.2) is 24.3 Å². The number of ether oxygens (including phenoxy) is 1. The van der Waals surface area contributed by atoms with E-state index >= 15 is 0 Å². The topological polar surface area (TPSA) is 50.4 Å². The zero-order chi connectivity index (χ0) is 15.0. The van der Waals surface area contributed by atoms with Gasteiger partial charge >= 0.3 is 0 Å². The van der Waals surface area contributed by atoms with E-state index < -0.39 is 0 Å². The molecular formula is C16H26N2O2. The lowest BCUT2D eigenvalue weighted by Gasteiger charge is -2.15. The highest BCUT2D eigenvalue weighted by atomic mass is 16.5. The third-order valence-corrected chi connectivity index (χ3v) is 3.09. The molecule has 0 radical (unpaired) electrons. The molecule has 0 heterocycles. The van der Waals surface area contributed by atoms with Crippen LogP contribution in [0, 0.1) is 5.92 Å². The first-order valence-corrected chi connectivity index (χ1v) is 7.28. The third-order valence-electron chi connectivity index (χ3n) is 3.09. The second-order valence-corrected chi connectivity index (χ2v) is 5.12. The molecule has 20 heavy (non-hydrogen) atoms. The second kappa shape index (κ2) is 8.59. The Balaban J connectivity index is 2.31. The monoisotopic (exact) mass is 278 g/mol. The molecular weight excluding hydrogens is 252 g/mol. The quantitative estimate of drug-likeness (QED) is 0.718. The maximum atomic E-state index is 11.4. The first-order valence-electron chi connectivity index (χ1n) is 7.28. The van der Waals surface area contributed by atoms with E-state index in [1.807, 2.05) is 32.9 Å². The van der Waals surface area contributed by atoms with Crippen molar-refractivity contribution in [1.82, 2.24) is 10.6 Å². The van der Waals surface area contributed by atoms with E-state index in [9.17, 15) is 4.79 Å². The predicted octanol–water partition coefficient (Wildman–Crippen LogP) is 2.51. The number of nitrogens with one attached hydrogen (secondary N) is 2. The summed E-state index contributed by atoms with van der Waals surface area (Å²) < 4.78 is 5.42. The summed E-state index contributed by atoms with van der Waals surface area (Å²) in [6.45, 7) is 9.97. The minimum Gasteiger partial charge on any atom is -0.494 e. The van der Waals surface area contributed by atoms with Crippen LogP contribution in [0.2, 0.25) is 0 Å². The van der Waals surface area contributed by atoms with Crippen molar-refractivity contribution in [1.29, 1.82) is 0 Å². The highest BCUT2D eigenvalue weighted by molar-refractivity contribution is 5.77. The normalized spacial score (nSPS) is 12.2. The minimum atomic E-state index is 0.0403. The molecule has 0 aliphatic carbocycles. The largest absolute Gasteiger partial charge is 0.494 e. The molecule has 1 rings (SSSR count). The SMILES string of the molecule is CCOc1ccc(C(C)NCCNC(=O)C(C)C)cc1. The van der Waals surface area contributed by atoms with Gasteiger partial charge in [0.2, 0.25) is 5.91 Å². The number of rotatable bonds is 8. The van der Waals surface area contributed by atoms with Crippen molar-refractivity contribution in [2.24, 2.45) is 5.92 Å². The van der Waals surface area contributed by atoms with E-state index in [0.717, 1.165) is 12.3 Å². The first-order chi connectivity index (χ1) is 9.54. The van der Waals surface area contributed by atoms with Crippen LogP contribution in [0.25, 0.3) is 0 Å². The van der Waals surface area contributed by atoms with Crippen LogP contribution in [-0.2, 0) is 4.79 Å². The van der Waals surface area contributed by atoms with Gasteiger partial charge in [0.05, 0.1) is 6.61 Å². The summed E-state index contributed by atoms with van der Waals surface area (Å²) in [5.74, 6) is 1.03. The van der Waals surface area contributed by atoms with Gasteiger partial charge in [-0.2, -0.15) is 0 Å². The fraction of sp³-hybridized carbons (Fsp3) is 0.562. The Bertz CT molecular complexity index is 401. The molecule has 2 N–H and O–H groups in total. The fourth-order valence-corrected chi connectivity index (χ4v) is 1.82. The molecule has 0 saturated carbocycles. The van der Waals surface area contributed by atoms with Gasteiger partial charge < -0.3 is 15.4 Å². The Morgan fingerprint density at radius 1 is 1.15 bits per heavy atom. The molecule has 4 nitrogen and oxygen atoms in total. The van der Waals surface area contributed by atoms with Gasteiger partial charge in [-0.25, -0.2) is 0 Å². The summed E-state index contributed by atoms with van der Waals surface area (Å²) in [7, 11) is 0. The molecule has 0 aliphatic heterocycles. The van der Waals surface area contributed by atoms with Crippen molar-refractivity contribution in [2.45, 2.75) is 33.7 Å². The van der Waals surface area contributed by atoms with Crippen LogP contribution >= 0.6 is 0 Å². The number of hydrogen-bond acceptors (Lipinski definition) is 3. The van der Waals surface area contributed by atoms with Crippen LogP contribution in [0.1, 0.15) is 39.3 Å². The van der Waals surface area contributed by atoms with Crippen molar-refractivity contribution in [3.63, 3.8) is 0 Å². The number of benzene rings is 1. The van der Waals surface area contributed by atoms with E-state index in [-0.39, 0.29) is 17.9 Å². The second-order valence-electron chi connectivity index (χ2n) is 5.12. The van der Waals surface area contributed by atoms with Crippen LogP contribution in [-0.4, -0.2) is 25.6 Å². The summed E-state index contributed by atoms with van der Waals surface area (Å²) in [6.07, 6.45) is 0. The van der Waals surface area contributed by atoms with Gasteiger partial charge in [-0.3, -0.25) is 4.79 Å². The number of carbonyl (C=O) groups is 1. The van der Waals surface area contributed by atoms with Crippen molar-refractivity contribution < 1.29 is 9.53 Å². The third kappa shape index (κ3) is 5.61. The van der Waals surface area contributed by atoms with Crippen molar-refractivity contribution in [3.05, 3.63) is 29.8 Å². The first kappa shape index (κ1) is 16.5. The van der Waals surface area contributed by atoms with E-state index in [4.69, 9.17) is 4.74 Å². The average Bonchev–Trinajstić information content (AvgIpc) is 2.44.